The van der Waals surface area contributed by atoms with Crippen LogP contribution in [0.15, 0.2) is 76.8 Å². The average Bonchev–Trinajstić information content (AvgIpc) is 2.82. The van der Waals surface area contributed by atoms with Gasteiger partial charge in [-0.2, -0.15) is 5.26 Å². The minimum absolute atomic E-state index is 0.00138. The summed E-state index contributed by atoms with van der Waals surface area (Å²) < 4.78 is 12.3. The van der Waals surface area contributed by atoms with Gasteiger partial charge in [-0.05, 0) is 59.5 Å². The van der Waals surface area contributed by atoms with Gasteiger partial charge < -0.3 is 14.8 Å². The fourth-order valence-corrected chi connectivity index (χ4v) is 3.35. The number of nitrogens with zero attached hydrogens (tertiary/aromatic N) is 1. The lowest BCUT2D eigenvalue weighted by Crippen LogP contribution is -2.14. The molecule has 0 spiro atoms. The van der Waals surface area contributed by atoms with Crippen LogP contribution >= 0.6 is 15.9 Å². The van der Waals surface area contributed by atoms with E-state index in [0.29, 0.717) is 29.4 Å². The number of nitrogens with one attached hydrogen (secondary N) is 1. The standard InChI is InChI=1S/C26H23BrN2O3/c1-3-20-6-4-5-7-23(20)29-26(30)21(16-28)14-19-10-13-24(25(15-19)31-2)32-17-18-8-11-22(27)12-9-18/h4-15H,3,17H2,1-2H3,(H,29,30)/b21-14+. The van der Waals surface area contributed by atoms with Crippen molar-refractivity contribution in [1.29, 1.82) is 5.26 Å². The van der Waals surface area contributed by atoms with Gasteiger partial charge in [0.1, 0.15) is 18.2 Å². The predicted molar refractivity (Wildman–Crippen MR) is 130 cm³/mol. The molecule has 162 valence electrons. The highest BCUT2D eigenvalue weighted by molar-refractivity contribution is 9.10. The fraction of sp³-hybridized carbons (Fsp3) is 0.154. The van der Waals surface area contributed by atoms with E-state index in [9.17, 15) is 10.1 Å². The van der Waals surface area contributed by atoms with Crippen LogP contribution in [0, 0.1) is 11.3 Å². The van der Waals surface area contributed by atoms with Crippen molar-refractivity contribution in [2.24, 2.45) is 0 Å². The second-order valence-corrected chi connectivity index (χ2v) is 7.88. The molecule has 1 N–H and O–H groups in total. The quantitative estimate of drug-likeness (QED) is 0.303. The van der Waals surface area contributed by atoms with E-state index in [1.165, 1.54) is 6.08 Å². The fourth-order valence-electron chi connectivity index (χ4n) is 3.09. The van der Waals surface area contributed by atoms with E-state index in [-0.39, 0.29) is 5.57 Å². The second kappa shape index (κ2) is 11.2. The van der Waals surface area contributed by atoms with Crippen LogP contribution in [0.25, 0.3) is 6.08 Å². The van der Waals surface area contributed by atoms with Gasteiger partial charge in [0.25, 0.3) is 5.91 Å². The molecule has 3 aromatic rings. The first-order valence-electron chi connectivity index (χ1n) is 10.1. The molecule has 32 heavy (non-hydrogen) atoms. The topological polar surface area (TPSA) is 71.4 Å². The van der Waals surface area contributed by atoms with E-state index in [4.69, 9.17) is 9.47 Å². The number of carbonyl (C=O) groups is 1. The number of nitriles is 1. The Balaban J connectivity index is 1.76. The van der Waals surface area contributed by atoms with E-state index >= 15 is 0 Å². The summed E-state index contributed by atoms with van der Waals surface area (Å²) in [5.74, 6) is 0.639. The number of amides is 1. The molecule has 0 atom stereocenters. The number of anilines is 1. The zero-order chi connectivity index (χ0) is 22.9. The summed E-state index contributed by atoms with van der Waals surface area (Å²) in [5.41, 5.74) is 3.40. The molecule has 0 aliphatic carbocycles. The third kappa shape index (κ3) is 5.99. The first-order chi connectivity index (χ1) is 15.5. The van der Waals surface area contributed by atoms with Crippen molar-refractivity contribution in [3.63, 3.8) is 0 Å². The highest BCUT2D eigenvalue weighted by Crippen LogP contribution is 2.30. The number of methoxy groups -OCH3 is 1. The largest absolute Gasteiger partial charge is 0.493 e. The SMILES string of the molecule is CCc1ccccc1NC(=O)/C(C#N)=C/c1ccc(OCc2ccc(Br)cc2)c(OC)c1. The number of ether oxygens (including phenoxy) is 2. The number of hydrogen-bond acceptors (Lipinski definition) is 4. The van der Waals surface area contributed by atoms with E-state index in [0.717, 1.165) is 22.0 Å². The van der Waals surface area contributed by atoms with Crippen molar-refractivity contribution >= 4 is 33.6 Å². The highest BCUT2D eigenvalue weighted by atomic mass is 79.9. The minimum atomic E-state index is -0.456. The average molecular weight is 491 g/mol. The van der Waals surface area contributed by atoms with Crippen molar-refractivity contribution in [3.05, 3.63) is 93.5 Å². The van der Waals surface area contributed by atoms with E-state index in [1.807, 2.05) is 61.5 Å². The first-order valence-corrected chi connectivity index (χ1v) is 10.9. The van der Waals surface area contributed by atoms with Crippen LogP contribution in [0.2, 0.25) is 0 Å². The molecule has 0 heterocycles. The summed E-state index contributed by atoms with van der Waals surface area (Å²) in [6.07, 6.45) is 2.31. The van der Waals surface area contributed by atoms with Crippen molar-refractivity contribution in [2.75, 3.05) is 12.4 Å². The van der Waals surface area contributed by atoms with Gasteiger partial charge in [0.05, 0.1) is 7.11 Å². The summed E-state index contributed by atoms with van der Waals surface area (Å²) in [5, 5.41) is 12.4. The maximum atomic E-state index is 12.7. The van der Waals surface area contributed by atoms with Gasteiger partial charge in [0.15, 0.2) is 11.5 Å². The van der Waals surface area contributed by atoms with E-state index < -0.39 is 5.91 Å². The Hall–Kier alpha value is -3.56. The Morgan fingerprint density at radius 1 is 1.09 bits per heavy atom. The van der Waals surface area contributed by atoms with Crippen LogP contribution < -0.4 is 14.8 Å². The lowest BCUT2D eigenvalue weighted by Gasteiger charge is -2.12. The molecule has 0 radical (unpaired) electrons. The Bertz CT molecular complexity index is 1160. The third-order valence-corrected chi connectivity index (χ3v) is 5.35. The van der Waals surface area contributed by atoms with Gasteiger partial charge in [0, 0.05) is 10.2 Å². The maximum absolute atomic E-state index is 12.7. The second-order valence-electron chi connectivity index (χ2n) is 6.96. The first kappa shape index (κ1) is 23.1. The van der Waals surface area contributed by atoms with Gasteiger partial charge in [-0.25, -0.2) is 0 Å². The van der Waals surface area contributed by atoms with Crippen LogP contribution in [0.3, 0.4) is 0 Å². The molecule has 0 fully saturated rings. The van der Waals surface area contributed by atoms with Gasteiger partial charge >= 0.3 is 0 Å². The predicted octanol–water partition coefficient (Wildman–Crippen LogP) is 6.14. The van der Waals surface area contributed by atoms with Gasteiger partial charge in [-0.3, -0.25) is 4.79 Å². The minimum Gasteiger partial charge on any atom is -0.493 e. The van der Waals surface area contributed by atoms with Gasteiger partial charge in [-0.15, -0.1) is 0 Å². The molecule has 0 bridgehead atoms. The molecule has 0 saturated heterocycles. The van der Waals surface area contributed by atoms with Gasteiger partial charge in [0.2, 0.25) is 0 Å². The molecule has 3 aromatic carbocycles. The van der Waals surface area contributed by atoms with E-state index in [2.05, 4.69) is 21.2 Å². The Morgan fingerprint density at radius 2 is 1.84 bits per heavy atom. The summed E-state index contributed by atoms with van der Waals surface area (Å²) >= 11 is 3.42. The van der Waals surface area contributed by atoms with Gasteiger partial charge in [-0.1, -0.05) is 59.3 Å². The lowest BCUT2D eigenvalue weighted by molar-refractivity contribution is -0.112. The lowest BCUT2D eigenvalue weighted by atomic mass is 10.1. The molecule has 0 unspecified atom stereocenters. The Morgan fingerprint density at radius 3 is 2.53 bits per heavy atom. The summed E-state index contributed by atoms with van der Waals surface area (Å²) in [4.78, 5) is 12.7. The molecule has 0 saturated carbocycles. The summed E-state index contributed by atoms with van der Waals surface area (Å²) in [7, 11) is 1.55. The molecule has 6 heteroatoms. The number of halogens is 1. The van der Waals surface area contributed by atoms with Crippen LogP contribution in [-0.4, -0.2) is 13.0 Å². The number of rotatable bonds is 8. The van der Waals surface area contributed by atoms with Crippen molar-refractivity contribution in [3.8, 4) is 17.6 Å². The number of hydrogen-bond donors (Lipinski definition) is 1. The summed E-state index contributed by atoms with van der Waals surface area (Å²) in [6, 6.07) is 22.7. The molecule has 0 aliphatic heterocycles. The molecular formula is C26H23BrN2O3. The number of carbonyl (C=O) groups excluding carboxylic acids is 1. The van der Waals surface area contributed by atoms with Crippen LogP contribution in [0.5, 0.6) is 11.5 Å². The monoisotopic (exact) mass is 490 g/mol. The van der Waals surface area contributed by atoms with Crippen LogP contribution in [0.4, 0.5) is 5.69 Å². The Kier molecular flexibility index (Phi) is 8.07. The number of benzene rings is 3. The zero-order valence-electron chi connectivity index (χ0n) is 17.9. The van der Waals surface area contributed by atoms with E-state index in [1.54, 1.807) is 25.3 Å². The number of aryl methyl sites for hydroxylation is 1. The van der Waals surface area contributed by atoms with Crippen LogP contribution in [-0.2, 0) is 17.8 Å². The molecule has 0 aromatic heterocycles. The number of para-hydroxylation sites is 1. The third-order valence-electron chi connectivity index (χ3n) is 4.82. The normalized spacial score (nSPS) is 10.9. The van der Waals surface area contributed by atoms with Crippen molar-refractivity contribution in [1.82, 2.24) is 0 Å². The summed E-state index contributed by atoms with van der Waals surface area (Å²) in [6.45, 7) is 2.40. The smallest absolute Gasteiger partial charge is 0.266 e. The molecule has 5 nitrogen and oxygen atoms in total. The zero-order valence-corrected chi connectivity index (χ0v) is 19.5. The van der Waals surface area contributed by atoms with Crippen LogP contribution in [0.1, 0.15) is 23.6 Å². The Labute approximate surface area is 196 Å². The maximum Gasteiger partial charge on any atom is 0.266 e. The molecular weight excluding hydrogens is 468 g/mol. The molecule has 0 aliphatic rings. The van der Waals surface area contributed by atoms with Crippen molar-refractivity contribution < 1.29 is 14.3 Å². The van der Waals surface area contributed by atoms with Crippen molar-refractivity contribution in [2.45, 2.75) is 20.0 Å². The molecule has 1 amide bonds. The molecule has 3 rings (SSSR count). The highest BCUT2D eigenvalue weighted by Gasteiger charge is 2.12.